The van der Waals surface area contributed by atoms with Crippen molar-refractivity contribution < 1.29 is 19.0 Å². The highest BCUT2D eigenvalue weighted by Gasteiger charge is 2.30. The second-order valence-electron chi connectivity index (χ2n) is 7.20. The number of rotatable bonds is 7. The summed E-state index contributed by atoms with van der Waals surface area (Å²) in [6, 6.07) is 11.7. The molecular formula is C23H29NO4. The Hall–Kier alpha value is -2.69. The van der Waals surface area contributed by atoms with Gasteiger partial charge in [0.15, 0.2) is 0 Å². The molecule has 2 aromatic carbocycles. The van der Waals surface area contributed by atoms with Crippen LogP contribution in [0.25, 0.3) is 0 Å². The predicted molar refractivity (Wildman–Crippen MR) is 109 cm³/mol. The molecule has 150 valence electrons. The molecule has 28 heavy (non-hydrogen) atoms. The molecule has 1 fully saturated rings. The molecule has 0 aromatic heterocycles. The Morgan fingerprint density at radius 3 is 2.36 bits per heavy atom. The van der Waals surface area contributed by atoms with E-state index in [0.717, 1.165) is 48.3 Å². The Morgan fingerprint density at radius 2 is 1.71 bits per heavy atom. The second kappa shape index (κ2) is 9.00. The molecule has 0 bridgehead atoms. The summed E-state index contributed by atoms with van der Waals surface area (Å²) < 4.78 is 16.4. The minimum absolute atomic E-state index is 0.0136. The summed E-state index contributed by atoms with van der Waals surface area (Å²) in [7, 11) is 4.88. The van der Waals surface area contributed by atoms with Gasteiger partial charge in [0.1, 0.15) is 17.2 Å². The van der Waals surface area contributed by atoms with Crippen molar-refractivity contribution in [3.05, 3.63) is 53.1 Å². The van der Waals surface area contributed by atoms with Crippen LogP contribution in [0.2, 0.25) is 0 Å². The van der Waals surface area contributed by atoms with Crippen LogP contribution in [-0.2, 0) is 6.54 Å². The number of carbonyl (C=O) groups excluding carboxylic acids is 1. The molecule has 1 aliphatic carbocycles. The first-order valence-electron chi connectivity index (χ1n) is 9.74. The highest BCUT2D eigenvalue weighted by molar-refractivity contribution is 5.98. The van der Waals surface area contributed by atoms with E-state index in [1.54, 1.807) is 21.3 Å². The van der Waals surface area contributed by atoms with Crippen molar-refractivity contribution in [3.63, 3.8) is 0 Å². The fraction of sp³-hybridized carbons (Fsp3) is 0.435. The lowest BCUT2D eigenvalue weighted by atomic mass is 10.0. The zero-order valence-corrected chi connectivity index (χ0v) is 17.2. The molecule has 3 rings (SSSR count). The van der Waals surface area contributed by atoms with E-state index in [1.165, 1.54) is 0 Å². The molecule has 0 radical (unpaired) electrons. The summed E-state index contributed by atoms with van der Waals surface area (Å²) in [5.41, 5.74) is 2.54. The first-order valence-corrected chi connectivity index (χ1v) is 9.74. The summed E-state index contributed by atoms with van der Waals surface area (Å²) in [4.78, 5) is 15.6. The van der Waals surface area contributed by atoms with Gasteiger partial charge in [-0.2, -0.15) is 0 Å². The monoisotopic (exact) mass is 383 g/mol. The van der Waals surface area contributed by atoms with E-state index in [-0.39, 0.29) is 11.9 Å². The van der Waals surface area contributed by atoms with Crippen LogP contribution < -0.4 is 14.2 Å². The van der Waals surface area contributed by atoms with E-state index in [4.69, 9.17) is 14.2 Å². The number of methoxy groups -OCH3 is 3. The zero-order valence-electron chi connectivity index (χ0n) is 17.2. The highest BCUT2D eigenvalue weighted by Crippen LogP contribution is 2.33. The van der Waals surface area contributed by atoms with Crippen LogP contribution in [-0.4, -0.2) is 38.2 Å². The Labute approximate surface area is 167 Å². The average molecular weight is 383 g/mol. The smallest absolute Gasteiger partial charge is 0.258 e. The van der Waals surface area contributed by atoms with E-state index in [9.17, 15) is 4.79 Å². The average Bonchev–Trinajstić information content (AvgIpc) is 3.25. The standard InChI is InChI=1S/C23H29NO4/c1-16-8-7-11-20(27-3)22(16)23(25)24(18-9-5-6-10-18)15-17-12-13-19(26-2)14-21(17)28-4/h7-8,11-14,18H,5-6,9-10,15H2,1-4H3. The van der Waals surface area contributed by atoms with Crippen molar-refractivity contribution in [2.75, 3.05) is 21.3 Å². The van der Waals surface area contributed by atoms with E-state index in [1.807, 2.05) is 48.2 Å². The molecule has 0 N–H and O–H groups in total. The molecule has 0 heterocycles. The van der Waals surface area contributed by atoms with Gasteiger partial charge in [-0.3, -0.25) is 4.79 Å². The van der Waals surface area contributed by atoms with Gasteiger partial charge in [0.2, 0.25) is 0 Å². The van der Waals surface area contributed by atoms with Gasteiger partial charge >= 0.3 is 0 Å². The molecule has 2 aromatic rings. The van der Waals surface area contributed by atoms with Crippen LogP contribution in [0.3, 0.4) is 0 Å². The number of ether oxygens (including phenoxy) is 3. The highest BCUT2D eigenvalue weighted by atomic mass is 16.5. The van der Waals surface area contributed by atoms with E-state index in [0.29, 0.717) is 17.9 Å². The lowest BCUT2D eigenvalue weighted by Crippen LogP contribution is -2.39. The van der Waals surface area contributed by atoms with Crippen LogP contribution in [0.1, 0.15) is 47.2 Å². The fourth-order valence-corrected chi connectivity index (χ4v) is 3.98. The van der Waals surface area contributed by atoms with E-state index < -0.39 is 0 Å². The van der Waals surface area contributed by atoms with Gasteiger partial charge < -0.3 is 19.1 Å². The van der Waals surface area contributed by atoms with Gasteiger partial charge in [-0.05, 0) is 43.5 Å². The Bertz CT molecular complexity index is 827. The Kier molecular flexibility index (Phi) is 6.45. The number of aryl methyl sites for hydroxylation is 1. The number of hydrogen-bond acceptors (Lipinski definition) is 4. The summed E-state index contributed by atoms with van der Waals surface area (Å²) in [6.07, 6.45) is 4.36. The summed E-state index contributed by atoms with van der Waals surface area (Å²) in [5.74, 6) is 2.10. The van der Waals surface area contributed by atoms with Crippen molar-refractivity contribution in [2.45, 2.75) is 45.2 Å². The minimum Gasteiger partial charge on any atom is -0.497 e. The third kappa shape index (κ3) is 4.08. The van der Waals surface area contributed by atoms with Crippen LogP contribution in [0.5, 0.6) is 17.2 Å². The SMILES string of the molecule is COc1ccc(CN(C(=O)c2c(C)cccc2OC)C2CCCC2)c(OC)c1. The molecule has 0 atom stereocenters. The van der Waals surface area contributed by atoms with Crippen LogP contribution >= 0.6 is 0 Å². The van der Waals surface area contributed by atoms with Crippen molar-refractivity contribution in [1.29, 1.82) is 0 Å². The zero-order chi connectivity index (χ0) is 20.1. The lowest BCUT2D eigenvalue weighted by Gasteiger charge is -2.31. The quantitative estimate of drug-likeness (QED) is 0.701. The lowest BCUT2D eigenvalue weighted by molar-refractivity contribution is 0.0659. The van der Waals surface area contributed by atoms with Gasteiger partial charge in [-0.1, -0.05) is 25.0 Å². The molecule has 0 spiro atoms. The predicted octanol–water partition coefficient (Wildman–Crippen LogP) is 4.61. The number of nitrogens with zero attached hydrogens (tertiary/aromatic N) is 1. The molecule has 5 heteroatoms. The third-order valence-corrected chi connectivity index (χ3v) is 5.53. The van der Waals surface area contributed by atoms with Crippen molar-refractivity contribution in [2.24, 2.45) is 0 Å². The third-order valence-electron chi connectivity index (χ3n) is 5.53. The number of carbonyl (C=O) groups is 1. The maximum atomic E-state index is 13.6. The molecule has 1 saturated carbocycles. The fourth-order valence-electron chi connectivity index (χ4n) is 3.98. The van der Waals surface area contributed by atoms with Gasteiger partial charge in [0, 0.05) is 24.2 Å². The second-order valence-corrected chi connectivity index (χ2v) is 7.20. The largest absolute Gasteiger partial charge is 0.497 e. The van der Waals surface area contributed by atoms with Gasteiger partial charge in [-0.25, -0.2) is 0 Å². The maximum absolute atomic E-state index is 13.6. The summed E-state index contributed by atoms with van der Waals surface area (Å²) in [6.45, 7) is 2.45. The number of hydrogen-bond donors (Lipinski definition) is 0. The Balaban J connectivity index is 1.98. The van der Waals surface area contributed by atoms with Crippen molar-refractivity contribution in [1.82, 2.24) is 4.90 Å². The van der Waals surface area contributed by atoms with Crippen molar-refractivity contribution in [3.8, 4) is 17.2 Å². The molecule has 1 amide bonds. The van der Waals surface area contributed by atoms with Gasteiger partial charge in [0.05, 0.1) is 26.9 Å². The van der Waals surface area contributed by atoms with Crippen LogP contribution in [0, 0.1) is 6.92 Å². The first-order chi connectivity index (χ1) is 13.6. The topological polar surface area (TPSA) is 48.0 Å². The molecule has 0 saturated heterocycles. The van der Waals surface area contributed by atoms with Crippen LogP contribution in [0.4, 0.5) is 0 Å². The molecule has 0 unspecified atom stereocenters. The Morgan fingerprint density at radius 1 is 1.00 bits per heavy atom. The number of benzene rings is 2. The van der Waals surface area contributed by atoms with Gasteiger partial charge in [0.25, 0.3) is 5.91 Å². The van der Waals surface area contributed by atoms with Gasteiger partial charge in [-0.15, -0.1) is 0 Å². The summed E-state index contributed by atoms with van der Waals surface area (Å²) in [5, 5.41) is 0. The summed E-state index contributed by atoms with van der Waals surface area (Å²) >= 11 is 0. The van der Waals surface area contributed by atoms with Crippen molar-refractivity contribution >= 4 is 5.91 Å². The van der Waals surface area contributed by atoms with Crippen LogP contribution in [0.15, 0.2) is 36.4 Å². The maximum Gasteiger partial charge on any atom is 0.258 e. The number of amides is 1. The van der Waals surface area contributed by atoms with E-state index in [2.05, 4.69) is 0 Å². The van der Waals surface area contributed by atoms with E-state index >= 15 is 0 Å². The molecule has 0 aliphatic heterocycles. The first kappa shape index (κ1) is 20.1. The molecule has 1 aliphatic rings. The molecular weight excluding hydrogens is 354 g/mol. The molecule has 5 nitrogen and oxygen atoms in total. The minimum atomic E-state index is 0.0136. The normalized spacial score (nSPS) is 14.0.